The summed E-state index contributed by atoms with van der Waals surface area (Å²) in [4.78, 5) is 13.3. The second-order valence-corrected chi connectivity index (χ2v) is 9.13. The van der Waals surface area contributed by atoms with Crippen LogP contribution in [0.2, 0.25) is 15.1 Å². The van der Waals surface area contributed by atoms with Crippen LogP contribution in [0.3, 0.4) is 0 Å². The van der Waals surface area contributed by atoms with Gasteiger partial charge in [0.25, 0.3) is 5.91 Å². The maximum absolute atomic E-state index is 12.7. The van der Waals surface area contributed by atoms with Gasteiger partial charge in [-0.15, -0.1) is 11.3 Å². The number of carbonyl (C=O) groups excluding carboxylic acids is 1. The second-order valence-electron chi connectivity index (χ2n) is 7.03. The van der Waals surface area contributed by atoms with E-state index in [0.717, 1.165) is 22.5 Å². The van der Waals surface area contributed by atoms with E-state index in [9.17, 15) is 4.79 Å². The van der Waals surface area contributed by atoms with Crippen LogP contribution >= 0.6 is 46.1 Å². The molecule has 1 N–H and O–H groups in total. The Labute approximate surface area is 198 Å². The van der Waals surface area contributed by atoms with E-state index in [0.29, 0.717) is 38.9 Å². The molecule has 10 heteroatoms. The summed E-state index contributed by atoms with van der Waals surface area (Å²) in [5.41, 5.74) is 3.56. The minimum absolute atomic E-state index is 0.271. The molecule has 1 aromatic carbocycles. The van der Waals surface area contributed by atoms with Gasteiger partial charge >= 0.3 is 0 Å². The third-order valence-electron chi connectivity index (χ3n) is 4.74. The number of carbonyl (C=O) groups is 1. The van der Waals surface area contributed by atoms with Crippen LogP contribution in [0.25, 0.3) is 0 Å². The number of benzene rings is 1. The Morgan fingerprint density at radius 3 is 2.58 bits per heavy atom. The van der Waals surface area contributed by atoms with E-state index < -0.39 is 0 Å². The fraction of sp³-hybridized carbons (Fsp3) is 0.190. The molecule has 0 aliphatic rings. The van der Waals surface area contributed by atoms with Gasteiger partial charge < -0.3 is 5.32 Å². The van der Waals surface area contributed by atoms with Crippen LogP contribution in [-0.4, -0.2) is 25.5 Å². The Bertz CT molecular complexity index is 1260. The Morgan fingerprint density at radius 1 is 1.10 bits per heavy atom. The molecule has 4 rings (SSSR count). The summed E-state index contributed by atoms with van der Waals surface area (Å²) in [5, 5.41) is 15.2. The van der Waals surface area contributed by atoms with Gasteiger partial charge in [0.05, 0.1) is 34.4 Å². The molecule has 4 aromatic rings. The SMILES string of the molecule is Cc1nn(Cc2csc(C(=O)Nc3nn(Cc4ccccc4Cl)cc3Cl)c2)c(C)c1Cl. The normalized spacial score (nSPS) is 11.1. The zero-order valence-corrected chi connectivity index (χ0v) is 19.8. The molecule has 160 valence electrons. The van der Waals surface area contributed by atoms with Crippen molar-refractivity contribution in [1.29, 1.82) is 0 Å². The smallest absolute Gasteiger partial charge is 0.266 e. The average Bonchev–Trinajstić information content (AvgIpc) is 3.40. The zero-order chi connectivity index (χ0) is 22.1. The van der Waals surface area contributed by atoms with Crippen molar-refractivity contribution in [1.82, 2.24) is 19.6 Å². The molecule has 6 nitrogen and oxygen atoms in total. The first-order valence-corrected chi connectivity index (χ1v) is 11.4. The molecule has 0 unspecified atom stereocenters. The summed E-state index contributed by atoms with van der Waals surface area (Å²) in [5.74, 6) is 0.0338. The standard InChI is InChI=1S/C21H18Cl3N5OS/c1-12-19(24)13(2)29(26-12)8-14-7-18(31-11-14)21(30)25-20-17(23)10-28(27-20)9-15-5-3-4-6-16(15)22/h3-7,10-11H,8-9H2,1-2H3,(H,25,27,30). The van der Waals surface area contributed by atoms with Gasteiger partial charge in [-0.25, -0.2) is 0 Å². The molecule has 0 saturated carbocycles. The van der Waals surface area contributed by atoms with Crippen LogP contribution in [0.5, 0.6) is 0 Å². The number of anilines is 1. The molecule has 1 amide bonds. The van der Waals surface area contributed by atoms with Crippen LogP contribution < -0.4 is 5.32 Å². The highest BCUT2D eigenvalue weighted by molar-refractivity contribution is 7.12. The van der Waals surface area contributed by atoms with Crippen molar-refractivity contribution in [2.45, 2.75) is 26.9 Å². The minimum atomic E-state index is -0.271. The maximum atomic E-state index is 12.7. The molecule has 0 radical (unpaired) electrons. The number of amides is 1. The Balaban J connectivity index is 1.45. The van der Waals surface area contributed by atoms with Crippen molar-refractivity contribution in [3.8, 4) is 0 Å². The van der Waals surface area contributed by atoms with E-state index in [1.165, 1.54) is 11.3 Å². The number of hydrogen-bond donors (Lipinski definition) is 1. The summed E-state index contributed by atoms with van der Waals surface area (Å²) in [7, 11) is 0. The molecule has 0 fully saturated rings. The van der Waals surface area contributed by atoms with Crippen molar-refractivity contribution in [3.05, 3.63) is 84.4 Å². The Hall–Kier alpha value is -2.32. The second kappa shape index (κ2) is 9.04. The predicted octanol–water partition coefficient (Wildman–Crippen LogP) is 6.07. The van der Waals surface area contributed by atoms with Crippen molar-refractivity contribution in [2.75, 3.05) is 5.32 Å². The van der Waals surface area contributed by atoms with Gasteiger partial charge in [0.2, 0.25) is 0 Å². The first kappa shape index (κ1) is 21.9. The van der Waals surface area contributed by atoms with Gasteiger partial charge in [0.1, 0.15) is 5.02 Å². The third-order valence-corrected chi connectivity index (χ3v) is 6.91. The molecule has 3 heterocycles. The lowest BCUT2D eigenvalue weighted by Crippen LogP contribution is -2.12. The number of thiophene rings is 1. The number of rotatable bonds is 6. The summed E-state index contributed by atoms with van der Waals surface area (Å²) < 4.78 is 3.47. The summed E-state index contributed by atoms with van der Waals surface area (Å²) in [6, 6.07) is 9.34. The van der Waals surface area contributed by atoms with Crippen molar-refractivity contribution in [3.63, 3.8) is 0 Å². The predicted molar refractivity (Wildman–Crippen MR) is 126 cm³/mol. The van der Waals surface area contributed by atoms with Gasteiger partial charge in [-0.05, 0) is 42.5 Å². The van der Waals surface area contributed by atoms with E-state index in [2.05, 4.69) is 15.5 Å². The molecule has 0 aliphatic carbocycles. The Morgan fingerprint density at radius 2 is 1.87 bits per heavy atom. The van der Waals surface area contributed by atoms with Crippen LogP contribution in [-0.2, 0) is 13.1 Å². The van der Waals surface area contributed by atoms with Gasteiger partial charge in [0.15, 0.2) is 5.82 Å². The van der Waals surface area contributed by atoms with Crippen molar-refractivity contribution < 1.29 is 4.79 Å². The first-order valence-electron chi connectivity index (χ1n) is 9.36. The van der Waals surface area contributed by atoms with E-state index in [4.69, 9.17) is 34.8 Å². The van der Waals surface area contributed by atoms with E-state index in [1.807, 2.05) is 54.2 Å². The zero-order valence-electron chi connectivity index (χ0n) is 16.7. The fourth-order valence-electron chi connectivity index (χ4n) is 3.11. The molecule has 0 spiro atoms. The van der Waals surface area contributed by atoms with E-state index in [-0.39, 0.29) is 5.91 Å². The molecule has 0 bridgehead atoms. The number of aromatic nitrogens is 4. The lowest BCUT2D eigenvalue weighted by molar-refractivity contribution is 0.103. The number of hydrogen-bond acceptors (Lipinski definition) is 4. The van der Waals surface area contributed by atoms with Crippen LogP contribution in [0, 0.1) is 13.8 Å². The third kappa shape index (κ3) is 4.80. The number of halogens is 3. The first-order chi connectivity index (χ1) is 14.8. The molecule has 0 aliphatic heterocycles. The highest BCUT2D eigenvalue weighted by atomic mass is 35.5. The van der Waals surface area contributed by atoms with Crippen molar-refractivity contribution in [2.24, 2.45) is 0 Å². The van der Waals surface area contributed by atoms with E-state index in [1.54, 1.807) is 10.9 Å². The monoisotopic (exact) mass is 493 g/mol. The maximum Gasteiger partial charge on any atom is 0.266 e. The topological polar surface area (TPSA) is 64.7 Å². The number of nitrogens with one attached hydrogen (secondary N) is 1. The van der Waals surface area contributed by atoms with Gasteiger partial charge in [0, 0.05) is 11.2 Å². The number of nitrogens with zero attached hydrogens (tertiary/aromatic N) is 4. The fourth-order valence-corrected chi connectivity index (χ4v) is 4.44. The van der Waals surface area contributed by atoms with Gasteiger partial charge in [-0.2, -0.15) is 10.2 Å². The van der Waals surface area contributed by atoms with Crippen LogP contribution in [0.15, 0.2) is 41.9 Å². The molecular formula is C21H18Cl3N5OS. The van der Waals surface area contributed by atoms with Crippen molar-refractivity contribution >= 4 is 57.9 Å². The Kier molecular flexibility index (Phi) is 6.39. The van der Waals surface area contributed by atoms with E-state index >= 15 is 0 Å². The molecule has 31 heavy (non-hydrogen) atoms. The summed E-state index contributed by atoms with van der Waals surface area (Å²) >= 11 is 20.0. The summed E-state index contributed by atoms with van der Waals surface area (Å²) in [6.07, 6.45) is 1.66. The highest BCUT2D eigenvalue weighted by Crippen LogP contribution is 2.25. The molecule has 3 aromatic heterocycles. The van der Waals surface area contributed by atoms with Crippen LogP contribution in [0.1, 0.15) is 32.2 Å². The lowest BCUT2D eigenvalue weighted by Gasteiger charge is -2.04. The van der Waals surface area contributed by atoms with Crippen LogP contribution in [0.4, 0.5) is 5.82 Å². The average molecular weight is 495 g/mol. The lowest BCUT2D eigenvalue weighted by atomic mass is 10.2. The number of aryl methyl sites for hydroxylation is 1. The largest absolute Gasteiger partial charge is 0.303 e. The quantitative estimate of drug-likeness (QED) is 0.354. The molecule has 0 saturated heterocycles. The molecule has 0 atom stereocenters. The summed E-state index contributed by atoms with van der Waals surface area (Å²) in [6.45, 7) is 4.77. The van der Waals surface area contributed by atoms with Gasteiger partial charge in [-0.1, -0.05) is 53.0 Å². The molecular weight excluding hydrogens is 477 g/mol. The highest BCUT2D eigenvalue weighted by Gasteiger charge is 2.16. The van der Waals surface area contributed by atoms with Gasteiger partial charge in [-0.3, -0.25) is 14.2 Å². The minimum Gasteiger partial charge on any atom is -0.303 e.